The van der Waals surface area contributed by atoms with Gasteiger partial charge in [0, 0.05) is 25.2 Å². The van der Waals surface area contributed by atoms with Gasteiger partial charge in [-0.3, -0.25) is 4.90 Å². The number of aryl methyl sites for hydroxylation is 1. The van der Waals surface area contributed by atoms with Crippen LogP contribution in [0.15, 0.2) is 16.5 Å². The Balaban J connectivity index is 1.63. The summed E-state index contributed by atoms with van der Waals surface area (Å²) in [6, 6.07) is 5.64. The highest BCUT2D eigenvalue weighted by Gasteiger charge is 2.29. The molecule has 2 fully saturated rings. The van der Waals surface area contributed by atoms with Gasteiger partial charge < -0.3 is 9.73 Å². The zero-order chi connectivity index (χ0) is 11.0. The van der Waals surface area contributed by atoms with Gasteiger partial charge in [0.25, 0.3) is 0 Å². The largest absolute Gasteiger partial charge is 0.465 e. The van der Waals surface area contributed by atoms with Gasteiger partial charge in [-0.15, -0.1) is 0 Å². The van der Waals surface area contributed by atoms with Gasteiger partial charge in [-0.1, -0.05) is 0 Å². The van der Waals surface area contributed by atoms with Crippen LogP contribution in [0.3, 0.4) is 0 Å². The molecule has 0 aliphatic carbocycles. The molecule has 3 heterocycles. The number of hydrogen-bond acceptors (Lipinski definition) is 3. The molecule has 0 amide bonds. The highest BCUT2D eigenvalue weighted by atomic mass is 16.3. The summed E-state index contributed by atoms with van der Waals surface area (Å²) >= 11 is 0. The third kappa shape index (κ3) is 2.15. The van der Waals surface area contributed by atoms with Gasteiger partial charge in [-0.05, 0) is 38.3 Å². The van der Waals surface area contributed by atoms with E-state index in [4.69, 9.17) is 4.42 Å². The molecule has 2 saturated heterocycles. The van der Waals surface area contributed by atoms with Crippen molar-refractivity contribution in [2.75, 3.05) is 13.1 Å². The van der Waals surface area contributed by atoms with E-state index < -0.39 is 0 Å². The summed E-state index contributed by atoms with van der Waals surface area (Å²) in [6.07, 6.45) is 4.01. The first kappa shape index (κ1) is 10.4. The summed E-state index contributed by atoms with van der Waals surface area (Å²) in [5.41, 5.74) is 0. The van der Waals surface area contributed by atoms with Crippen LogP contribution in [-0.2, 0) is 6.54 Å². The SMILES string of the molecule is Cc1ccc(CN2CCC3CCC(C2)N3)o1. The Labute approximate surface area is 96.8 Å². The van der Waals surface area contributed by atoms with Crippen LogP contribution in [0.2, 0.25) is 0 Å². The van der Waals surface area contributed by atoms with Crippen molar-refractivity contribution in [1.82, 2.24) is 10.2 Å². The van der Waals surface area contributed by atoms with Crippen molar-refractivity contribution >= 4 is 0 Å². The summed E-state index contributed by atoms with van der Waals surface area (Å²) < 4.78 is 5.65. The molecular formula is C13H20N2O. The number of furan rings is 1. The molecule has 3 nitrogen and oxygen atoms in total. The number of fused-ring (bicyclic) bond motifs is 2. The third-order valence-electron chi connectivity index (χ3n) is 3.78. The molecule has 2 atom stereocenters. The Morgan fingerprint density at radius 3 is 3.00 bits per heavy atom. The number of likely N-dealkylation sites (tertiary alicyclic amines) is 1. The minimum Gasteiger partial charge on any atom is -0.465 e. The maximum Gasteiger partial charge on any atom is 0.118 e. The zero-order valence-corrected chi connectivity index (χ0v) is 9.91. The van der Waals surface area contributed by atoms with E-state index in [9.17, 15) is 0 Å². The number of hydrogen-bond donors (Lipinski definition) is 1. The second-order valence-corrected chi connectivity index (χ2v) is 5.17. The number of nitrogens with zero attached hydrogens (tertiary/aromatic N) is 1. The summed E-state index contributed by atoms with van der Waals surface area (Å²) in [7, 11) is 0. The van der Waals surface area contributed by atoms with E-state index in [0.717, 1.165) is 24.1 Å². The van der Waals surface area contributed by atoms with Crippen LogP contribution < -0.4 is 5.32 Å². The molecular weight excluding hydrogens is 200 g/mol. The maximum absolute atomic E-state index is 5.65. The van der Waals surface area contributed by atoms with Crippen molar-refractivity contribution in [2.24, 2.45) is 0 Å². The van der Waals surface area contributed by atoms with Gasteiger partial charge in [-0.25, -0.2) is 0 Å². The molecule has 1 aromatic heterocycles. The van der Waals surface area contributed by atoms with Crippen molar-refractivity contribution in [3.05, 3.63) is 23.7 Å². The fraction of sp³-hybridized carbons (Fsp3) is 0.692. The Bertz CT molecular complexity index is 361. The first-order chi connectivity index (χ1) is 7.79. The number of rotatable bonds is 2. The normalized spacial score (nSPS) is 30.6. The first-order valence-electron chi connectivity index (χ1n) is 6.33. The molecule has 0 saturated carbocycles. The summed E-state index contributed by atoms with van der Waals surface area (Å²) in [4.78, 5) is 2.52. The van der Waals surface area contributed by atoms with Crippen LogP contribution in [-0.4, -0.2) is 30.1 Å². The van der Waals surface area contributed by atoms with E-state index in [0.29, 0.717) is 6.04 Å². The molecule has 1 aromatic rings. The van der Waals surface area contributed by atoms with Crippen LogP contribution in [0.5, 0.6) is 0 Å². The average molecular weight is 220 g/mol. The lowest BCUT2D eigenvalue weighted by Crippen LogP contribution is -2.34. The van der Waals surface area contributed by atoms with E-state index >= 15 is 0 Å². The quantitative estimate of drug-likeness (QED) is 0.825. The highest BCUT2D eigenvalue weighted by Crippen LogP contribution is 2.21. The minimum atomic E-state index is 0.712. The predicted octanol–water partition coefficient (Wildman–Crippen LogP) is 1.91. The molecule has 2 bridgehead atoms. The van der Waals surface area contributed by atoms with Gasteiger partial charge in [0.2, 0.25) is 0 Å². The van der Waals surface area contributed by atoms with Gasteiger partial charge in [0.15, 0.2) is 0 Å². The average Bonchev–Trinajstić information content (AvgIpc) is 2.77. The van der Waals surface area contributed by atoms with Crippen molar-refractivity contribution in [3.8, 4) is 0 Å². The van der Waals surface area contributed by atoms with Gasteiger partial charge in [0.05, 0.1) is 6.54 Å². The fourth-order valence-electron chi connectivity index (χ4n) is 2.95. The molecule has 0 radical (unpaired) electrons. The minimum absolute atomic E-state index is 0.712. The van der Waals surface area contributed by atoms with E-state index in [1.807, 2.05) is 6.92 Å². The monoisotopic (exact) mass is 220 g/mol. The van der Waals surface area contributed by atoms with Crippen molar-refractivity contribution in [1.29, 1.82) is 0 Å². The molecule has 2 aliphatic rings. The smallest absolute Gasteiger partial charge is 0.118 e. The van der Waals surface area contributed by atoms with Crippen LogP contribution >= 0.6 is 0 Å². The second kappa shape index (κ2) is 4.22. The lowest BCUT2D eigenvalue weighted by molar-refractivity contribution is 0.230. The van der Waals surface area contributed by atoms with Gasteiger partial charge in [-0.2, -0.15) is 0 Å². The molecule has 0 spiro atoms. The third-order valence-corrected chi connectivity index (χ3v) is 3.78. The molecule has 88 valence electrons. The van der Waals surface area contributed by atoms with Gasteiger partial charge >= 0.3 is 0 Å². The maximum atomic E-state index is 5.65. The molecule has 2 aliphatic heterocycles. The Morgan fingerprint density at radius 1 is 1.31 bits per heavy atom. The van der Waals surface area contributed by atoms with Crippen molar-refractivity contribution in [2.45, 2.75) is 44.8 Å². The molecule has 0 aromatic carbocycles. The van der Waals surface area contributed by atoms with Crippen molar-refractivity contribution in [3.63, 3.8) is 0 Å². The second-order valence-electron chi connectivity index (χ2n) is 5.17. The van der Waals surface area contributed by atoms with E-state index in [1.54, 1.807) is 0 Å². The predicted molar refractivity (Wildman–Crippen MR) is 63.3 cm³/mol. The van der Waals surface area contributed by atoms with Crippen LogP contribution in [0.1, 0.15) is 30.8 Å². The van der Waals surface area contributed by atoms with Crippen LogP contribution in [0.4, 0.5) is 0 Å². The lowest BCUT2D eigenvalue weighted by atomic mass is 10.1. The van der Waals surface area contributed by atoms with E-state index in [1.165, 1.54) is 32.4 Å². The highest BCUT2D eigenvalue weighted by molar-refractivity contribution is 5.05. The van der Waals surface area contributed by atoms with Crippen LogP contribution in [0.25, 0.3) is 0 Å². The zero-order valence-electron chi connectivity index (χ0n) is 9.91. The number of nitrogens with one attached hydrogen (secondary N) is 1. The fourth-order valence-corrected chi connectivity index (χ4v) is 2.95. The molecule has 3 heteroatoms. The molecule has 16 heavy (non-hydrogen) atoms. The summed E-state index contributed by atoms with van der Waals surface area (Å²) in [5, 5.41) is 3.70. The van der Waals surface area contributed by atoms with Gasteiger partial charge in [0.1, 0.15) is 11.5 Å². The first-order valence-corrected chi connectivity index (χ1v) is 6.33. The molecule has 2 unspecified atom stereocenters. The van der Waals surface area contributed by atoms with E-state index in [2.05, 4.69) is 22.3 Å². The molecule has 1 N–H and O–H groups in total. The lowest BCUT2D eigenvalue weighted by Gasteiger charge is -2.22. The summed E-state index contributed by atoms with van der Waals surface area (Å²) in [5.74, 6) is 2.12. The Hall–Kier alpha value is -0.800. The Kier molecular flexibility index (Phi) is 2.74. The van der Waals surface area contributed by atoms with E-state index in [-0.39, 0.29) is 0 Å². The Morgan fingerprint density at radius 2 is 2.19 bits per heavy atom. The standard InChI is InChI=1S/C13H20N2O/c1-10-2-5-13(16-10)9-15-7-6-11-3-4-12(8-15)14-11/h2,5,11-12,14H,3-4,6-9H2,1H3. The molecule has 3 rings (SSSR count). The van der Waals surface area contributed by atoms with Crippen LogP contribution in [0, 0.1) is 6.92 Å². The topological polar surface area (TPSA) is 28.4 Å². The summed E-state index contributed by atoms with van der Waals surface area (Å²) in [6.45, 7) is 5.36. The van der Waals surface area contributed by atoms with Crippen molar-refractivity contribution < 1.29 is 4.42 Å².